The number of nitrogens with one attached hydrogen (secondary N) is 1. The Balaban J connectivity index is 2.40. The summed E-state index contributed by atoms with van der Waals surface area (Å²) in [5, 5.41) is 11.4. The van der Waals surface area contributed by atoms with E-state index in [0.29, 0.717) is 10.1 Å². The van der Waals surface area contributed by atoms with Crippen molar-refractivity contribution in [2.24, 2.45) is 0 Å². The highest BCUT2D eigenvalue weighted by Crippen LogP contribution is 2.36. The number of nitrogens with zero attached hydrogens (tertiary/aromatic N) is 2. The van der Waals surface area contributed by atoms with E-state index >= 15 is 0 Å². The Morgan fingerprint density at radius 3 is 2.94 bits per heavy atom. The molecule has 0 aliphatic heterocycles. The van der Waals surface area contributed by atoms with Gasteiger partial charge >= 0.3 is 5.69 Å². The minimum absolute atomic E-state index is 0.0797. The third kappa shape index (κ3) is 1.98. The van der Waals surface area contributed by atoms with E-state index in [4.69, 9.17) is 5.73 Å². The number of nitrogens with two attached hydrogens (primary N) is 1. The molecule has 0 aliphatic rings. The number of para-hydroxylation sites is 1. The fourth-order valence-electron chi connectivity index (χ4n) is 1.23. The van der Waals surface area contributed by atoms with Crippen LogP contribution < -0.4 is 5.73 Å². The summed E-state index contributed by atoms with van der Waals surface area (Å²) in [6.07, 6.45) is 3.24. The van der Waals surface area contributed by atoms with E-state index in [1.165, 1.54) is 17.8 Å². The number of nitro groups is 1. The number of nitrogen functional groups attached to an aromatic ring is 1. The maximum Gasteiger partial charge on any atom is 0.305 e. The van der Waals surface area contributed by atoms with E-state index < -0.39 is 4.92 Å². The maximum atomic E-state index is 10.9. The summed E-state index contributed by atoms with van der Waals surface area (Å²) in [6, 6.07) is 4.82. The smallest absolute Gasteiger partial charge is 0.305 e. The molecule has 1 aromatic carbocycles. The summed E-state index contributed by atoms with van der Waals surface area (Å²) >= 11 is 1.18. The molecule has 0 spiro atoms. The molecule has 0 amide bonds. The van der Waals surface area contributed by atoms with Crippen molar-refractivity contribution in [1.29, 1.82) is 0 Å². The van der Waals surface area contributed by atoms with Crippen LogP contribution in [0.2, 0.25) is 0 Å². The lowest BCUT2D eigenvalue weighted by Gasteiger charge is -2.02. The van der Waals surface area contributed by atoms with Crippen molar-refractivity contribution in [3.63, 3.8) is 0 Å². The van der Waals surface area contributed by atoms with Gasteiger partial charge in [-0.2, -0.15) is 0 Å². The van der Waals surface area contributed by atoms with Crippen LogP contribution in [0.4, 0.5) is 11.4 Å². The molecule has 6 nitrogen and oxygen atoms in total. The monoisotopic (exact) mass is 236 g/mol. The predicted octanol–water partition coefficient (Wildman–Crippen LogP) is 2.05. The van der Waals surface area contributed by atoms with Gasteiger partial charge < -0.3 is 10.7 Å². The average Bonchev–Trinajstić information content (AvgIpc) is 2.70. The molecule has 0 atom stereocenters. The molecular formula is C9H8N4O2S. The second-order valence-corrected chi connectivity index (χ2v) is 3.98. The second kappa shape index (κ2) is 4.23. The summed E-state index contributed by atoms with van der Waals surface area (Å²) in [4.78, 5) is 17.7. The predicted molar refractivity (Wildman–Crippen MR) is 60.2 cm³/mol. The van der Waals surface area contributed by atoms with Crippen LogP contribution in [0.3, 0.4) is 0 Å². The van der Waals surface area contributed by atoms with Crippen LogP contribution in [-0.2, 0) is 0 Å². The Bertz CT molecular complexity index is 512. The van der Waals surface area contributed by atoms with Gasteiger partial charge in [0.05, 0.1) is 9.82 Å². The summed E-state index contributed by atoms with van der Waals surface area (Å²) < 4.78 is 0. The Morgan fingerprint density at radius 2 is 2.31 bits per heavy atom. The summed E-state index contributed by atoms with van der Waals surface area (Å²) in [6.45, 7) is 0. The number of anilines is 1. The number of aromatic nitrogens is 2. The van der Waals surface area contributed by atoms with Gasteiger partial charge in [-0.05, 0) is 23.9 Å². The van der Waals surface area contributed by atoms with Gasteiger partial charge in [-0.25, -0.2) is 4.98 Å². The minimum atomic E-state index is -0.486. The highest BCUT2D eigenvalue weighted by Gasteiger charge is 2.18. The number of imidazole rings is 1. The fraction of sp³-hybridized carbons (Fsp3) is 0. The molecule has 2 aromatic rings. The van der Waals surface area contributed by atoms with Gasteiger partial charge in [0, 0.05) is 12.4 Å². The van der Waals surface area contributed by atoms with E-state index in [9.17, 15) is 10.1 Å². The zero-order valence-electron chi connectivity index (χ0n) is 8.08. The Labute approximate surface area is 95.0 Å². The van der Waals surface area contributed by atoms with Crippen molar-refractivity contribution in [3.05, 3.63) is 40.7 Å². The van der Waals surface area contributed by atoms with Crippen LogP contribution >= 0.6 is 11.8 Å². The quantitative estimate of drug-likeness (QED) is 0.483. The van der Waals surface area contributed by atoms with Gasteiger partial charge in [0.1, 0.15) is 5.69 Å². The number of aromatic amines is 1. The van der Waals surface area contributed by atoms with Gasteiger partial charge in [0.2, 0.25) is 0 Å². The zero-order chi connectivity index (χ0) is 11.5. The van der Waals surface area contributed by atoms with Crippen molar-refractivity contribution in [2.45, 2.75) is 10.1 Å². The number of benzene rings is 1. The SMILES string of the molecule is Nc1cccc(Sc2ncc[nH]2)c1[N+](=O)[O-]. The van der Waals surface area contributed by atoms with Crippen LogP contribution in [0.5, 0.6) is 0 Å². The molecule has 1 aromatic heterocycles. The van der Waals surface area contributed by atoms with E-state index in [2.05, 4.69) is 9.97 Å². The molecule has 1 heterocycles. The van der Waals surface area contributed by atoms with Crippen LogP contribution in [0.25, 0.3) is 0 Å². The Kier molecular flexibility index (Phi) is 2.78. The maximum absolute atomic E-state index is 10.9. The van der Waals surface area contributed by atoms with E-state index in [1.807, 2.05) is 0 Å². The first-order valence-corrected chi connectivity index (χ1v) is 5.20. The molecule has 0 aliphatic carbocycles. The first-order valence-electron chi connectivity index (χ1n) is 4.38. The lowest BCUT2D eigenvalue weighted by molar-refractivity contribution is -0.386. The number of rotatable bonds is 3. The topological polar surface area (TPSA) is 97.8 Å². The van der Waals surface area contributed by atoms with Crippen molar-refractivity contribution in [1.82, 2.24) is 9.97 Å². The van der Waals surface area contributed by atoms with Gasteiger partial charge in [0.15, 0.2) is 5.16 Å². The molecule has 7 heteroatoms. The van der Waals surface area contributed by atoms with E-state index in [0.717, 1.165) is 0 Å². The van der Waals surface area contributed by atoms with Gasteiger partial charge in [-0.1, -0.05) is 6.07 Å². The molecular weight excluding hydrogens is 228 g/mol. The second-order valence-electron chi connectivity index (χ2n) is 2.95. The number of hydrogen-bond donors (Lipinski definition) is 2. The molecule has 82 valence electrons. The Morgan fingerprint density at radius 1 is 1.50 bits per heavy atom. The molecule has 0 unspecified atom stereocenters. The minimum Gasteiger partial charge on any atom is -0.393 e. The molecule has 0 fully saturated rings. The molecule has 0 radical (unpaired) electrons. The fourth-order valence-corrected chi connectivity index (χ4v) is 2.11. The summed E-state index contributed by atoms with van der Waals surface area (Å²) in [5.41, 5.74) is 5.64. The highest BCUT2D eigenvalue weighted by atomic mass is 32.2. The zero-order valence-corrected chi connectivity index (χ0v) is 8.90. The highest BCUT2D eigenvalue weighted by molar-refractivity contribution is 7.99. The number of nitro benzene ring substituents is 1. The number of H-pyrrole nitrogens is 1. The van der Waals surface area contributed by atoms with Crippen molar-refractivity contribution < 1.29 is 4.92 Å². The molecule has 3 N–H and O–H groups in total. The Hall–Kier alpha value is -2.02. The molecule has 0 saturated carbocycles. The van der Waals surface area contributed by atoms with Crippen molar-refractivity contribution in [2.75, 3.05) is 5.73 Å². The van der Waals surface area contributed by atoms with Crippen LogP contribution in [0, 0.1) is 10.1 Å². The van der Waals surface area contributed by atoms with Gasteiger partial charge in [-0.3, -0.25) is 10.1 Å². The summed E-state index contributed by atoms with van der Waals surface area (Å²) in [7, 11) is 0. The van der Waals surface area contributed by atoms with Crippen LogP contribution in [0.1, 0.15) is 0 Å². The van der Waals surface area contributed by atoms with Crippen LogP contribution in [0.15, 0.2) is 40.6 Å². The molecule has 16 heavy (non-hydrogen) atoms. The first kappa shape index (κ1) is 10.5. The van der Waals surface area contributed by atoms with Gasteiger partial charge in [0.25, 0.3) is 0 Å². The lowest BCUT2D eigenvalue weighted by atomic mass is 10.3. The third-order valence-corrected chi connectivity index (χ3v) is 2.86. The van der Waals surface area contributed by atoms with Crippen molar-refractivity contribution in [3.8, 4) is 0 Å². The molecule has 0 saturated heterocycles. The van der Waals surface area contributed by atoms with E-state index in [1.54, 1.807) is 24.5 Å². The molecule has 0 bridgehead atoms. The third-order valence-electron chi connectivity index (χ3n) is 1.89. The standard InChI is InChI=1S/C9H8N4O2S/c10-6-2-1-3-7(8(6)13(14)15)16-9-11-4-5-12-9/h1-5H,10H2,(H,11,12). The largest absolute Gasteiger partial charge is 0.393 e. The van der Waals surface area contributed by atoms with Gasteiger partial charge in [-0.15, -0.1) is 0 Å². The average molecular weight is 236 g/mol. The lowest BCUT2D eigenvalue weighted by Crippen LogP contribution is -1.97. The number of hydrogen-bond acceptors (Lipinski definition) is 5. The summed E-state index contributed by atoms with van der Waals surface area (Å²) in [5.74, 6) is 0. The van der Waals surface area contributed by atoms with Crippen LogP contribution in [-0.4, -0.2) is 14.9 Å². The van der Waals surface area contributed by atoms with E-state index in [-0.39, 0.29) is 11.4 Å². The first-order chi connectivity index (χ1) is 7.68. The normalized spacial score (nSPS) is 10.2. The molecule has 2 rings (SSSR count). The van der Waals surface area contributed by atoms with Crippen molar-refractivity contribution >= 4 is 23.1 Å².